The number of amides is 1. The van der Waals surface area contributed by atoms with Crippen molar-refractivity contribution in [2.75, 3.05) is 0 Å². The molecule has 142 valence electrons. The molecule has 0 radical (unpaired) electrons. The molecule has 1 N–H and O–H groups in total. The molecular weight excluding hydrogens is 356 g/mol. The third-order valence-electron chi connectivity index (χ3n) is 5.66. The Bertz CT molecular complexity index is 997. The van der Waals surface area contributed by atoms with Crippen LogP contribution in [0.5, 0.6) is 0 Å². The van der Waals surface area contributed by atoms with E-state index in [4.69, 9.17) is 0 Å². The molecule has 2 aromatic rings. The quantitative estimate of drug-likeness (QED) is 0.652. The van der Waals surface area contributed by atoms with Crippen LogP contribution in [-0.2, 0) is 9.59 Å². The molecule has 4 rings (SSSR count). The highest BCUT2D eigenvalue weighted by molar-refractivity contribution is 5.92. The summed E-state index contributed by atoms with van der Waals surface area (Å²) in [5.41, 5.74) is 2.89. The molecule has 0 bridgehead atoms. The first-order valence-electron chi connectivity index (χ1n) is 9.28. The highest BCUT2D eigenvalue weighted by atomic mass is 16.6. The van der Waals surface area contributed by atoms with E-state index in [1.165, 1.54) is 6.07 Å². The Kier molecular flexibility index (Phi) is 4.55. The SMILES string of the molecule is Cc1ccc([C@@H]2CC(=O)NC3=C[C@H](c4ccccc4)CC(=O)[C@@H]32)cc1[N+](=O)[O-]. The van der Waals surface area contributed by atoms with Gasteiger partial charge in [-0.25, -0.2) is 0 Å². The summed E-state index contributed by atoms with van der Waals surface area (Å²) in [4.78, 5) is 36.3. The van der Waals surface area contributed by atoms with Gasteiger partial charge in [0.25, 0.3) is 5.69 Å². The number of carbonyl (C=O) groups is 2. The Morgan fingerprint density at radius 2 is 1.79 bits per heavy atom. The molecule has 2 aliphatic rings. The van der Waals surface area contributed by atoms with Crippen LogP contribution in [0, 0.1) is 23.0 Å². The van der Waals surface area contributed by atoms with E-state index in [1.807, 2.05) is 36.4 Å². The highest BCUT2D eigenvalue weighted by Gasteiger charge is 2.42. The van der Waals surface area contributed by atoms with Crippen LogP contribution in [-0.4, -0.2) is 16.6 Å². The first-order valence-corrected chi connectivity index (χ1v) is 9.28. The standard InChI is InChI=1S/C22H20N2O4/c1-13-7-8-15(10-19(13)24(27)28)17-12-21(26)23-18-9-16(11-20(25)22(17)18)14-5-3-2-4-6-14/h2-10,16-17,22H,11-12H2,1H3,(H,23,26)/t16-,17-,22+/m0/s1. The number of allylic oxidation sites excluding steroid dienone is 2. The molecule has 0 unspecified atom stereocenters. The molecule has 6 nitrogen and oxygen atoms in total. The Hall–Kier alpha value is -3.28. The van der Waals surface area contributed by atoms with E-state index in [0.717, 1.165) is 5.56 Å². The number of hydrogen-bond donors (Lipinski definition) is 1. The maximum Gasteiger partial charge on any atom is 0.272 e. The van der Waals surface area contributed by atoms with Gasteiger partial charge in [-0.15, -0.1) is 0 Å². The fourth-order valence-electron chi connectivity index (χ4n) is 4.27. The summed E-state index contributed by atoms with van der Waals surface area (Å²) in [5, 5.41) is 14.2. The number of piperidine rings is 1. The predicted molar refractivity (Wildman–Crippen MR) is 104 cm³/mol. The van der Waals surface area contributed by atoms with Gasteiger partial charge in [0.15, 0.2) is 0 Å². The lowest BCUT2D eigenvalue weighted by atomic mass is 9.70. The van der Waals surface area contributed by atoms with Gasteiger partial charge in [0, 0.05) is 42.0 Å². The number of fused-ring (bicyclic) bond motifs is 1. The van der Waals surface area contributed by atoms with E-state index in [-0.39, 0.29) is 35.6 Å². The molecule has 28 heavy (non-hydrogen) atoms. The van der Waals surface area contributed by atoms with Crippen molar-refractivity contribution >= 4 is 17.4 Å². The van der Waals surface area contributed by atoms with Crippen molar-refractivity contribution < 1.29 is 14.5 Å². The number of nitro benzene ring substituents is 1. The van der Waals surface area contributed by atoms with E-state index >= 15 is 0 Å². The zero-order chi connectivity index (χ0) is 19.8. The molecule has 2 aromatic carbocycles. The van der Waals surface area contributed by atoms with Gasteiger partial charge in [-0.05, 0) is 18.1 Å². The number of aryl methyl sites for hydroxylation is 1. The maximum atomic E-state index is 13.1. The minimum atomic E-state index is -0.472. The first kappa shape index (κ1) is 18.1. The smallest absolute Gasteiger partial charge is 0.272 e. The Balaban J connectivity index is 1.74. The summed E-state index contributed by atoms with van der Waals surface area (Å²) < 4.78 is 0. The van der Waals surface area contributed by atoms with Crippen LogP contribution in [0.25, 0.3) is 0 Å². The lowest BCUT2D eigenvalue weighted by molar-refractivity contribution is -0.385. The van der Waals surface area contributed by atoms with E-state index in [2.05, 4.69) is 5.32 Å². The summed E-state index contributed by atoms with van der Waals surface area (Å²) >= 11 is 0. The second kappa shape index (κ2) is 7.03. The number of ketones is 1. The molecule has 1 fully saturated rings. The Labute approximate surface area is 162 Å². The minimum Gasteiger partial charge on any atom is -0.329 e. The van der Waals surface area contributed by atoms with Gasteiger partial charge in [-0.1, -0.05) is 48.5 Å². The second-order valence-corrected chi connectivity index (χ2v) is 7.45. The monoisotopic (exact) mass is 376 g/mol. The van der Waals surface area contributed by atoms with Crippen molar-refractivity contribution in [2.45, 2.75) is 31.6 Å². The summed E-state index contributed by atoms with van der Waals surface area (Å²) in [6, 6.07) is 14.7. The molecule has 0 spiro atoms. The Morgan fingerprint density at radius 1 is 1.04 bits per heavy atom. The number of hydrogen-bond acceptors (Lipinski definition) is 4. The minimum absolute atomic E-state index is 0.0134. The third-order valence-corrected chi connectivity index (χ3v) is 5.66. The number of carbonyl (C=O) groups excluding carboxylic acids is 2. The van der Waals surface area contributed by atoms with Crippen molar-refractivity contribution in [3.8, 4) is 0 Å². The van der Waals surface area contributed by atoms with Crippen molar-refractivity contribution in [3.63, 3.8) is 0 Å². The summed E-state index contributed by atoms with van der Waals surface area (Å²) in [6.07, 6.45) is 2.47. The predicted octanol–water partition coefficient (Wildman–Crippen LogP) is 3.76. The van der Waals surface area contributed by atoms with Crippen LogP contribution in [0.4, 0.5) is 5.69 Å². The topological polar surface area (TPSA) is 89.3 Å². The van der Waals surface area contributed by atoms with Crippen molar-refractivity contribution in [2.24, 2.45) is 5.92 Å². The van der Waals surface area contributed by atoms with Crippen LogP contribution in [0.3, 0.4) is 0 Å². The summed E-state index contributed by atoms with van der Waals surface area (Å²) in [6.45, 7) is 1.68. The van der Waals surface area contributed by atoms with Crippen LogP contribution in [0.1, 0.15) is 41.4 Å². The normalized spacial score (nSPS) is 24.2. The fraction of sp³-hybridized carbons (Fsp3) is 0.273. The lowest BCUT2D eigenvalue weighted by Gasteiger charge is -2.37. The van der Waals surface area contributed by atoms with Gasteiger partial charge in [-0.3, -0.25) is 19.7 Å². The maximum absolute atomic E-state index is 13.1. The fourth-order valence-corrected chi connectivity index (χ4v) is 4.27. The van der Waals surface area contributed by atoms with Crippen LogP contribution in [0.15, 0.2) is 60.3 Å². The van der Waals surface area contributed by atoms with Crippen molar-refractivity contribution in [3.05, 3.63) is 87.1 Å². The highest BCUT2D eigenvalue weighted by Crippen LogP contribution is 2.43. The number of nitro groups is 1. The number of nitrogens with zero attached hydrogens (tertiary/aromatic N) is 1. The van der Waals surface area contributed by atoms with Gasteiger partial charge in [0.2, 0.25) is 5.91 Å². The molecule has 1 aliphatic heterocycles. The van der Waals surface area contributed by atoms with Crippen LogP contribution >= 0.6 is 0 Å². The lowest BCUT2D eigenvalue weighted by Crippen LogP contribution is -2.43. The van der Waals surface area contributed by atoms with Gasteiger partial charge in [0.05, 0.1) is 10.8 Å². The first-order chi connectivity index (χ1) is 13.4. The molecule has 0 aromatic heterocycles. The zero-order valence-corrected chi connectivity index (χ0v) is 15.4. The van der Waals surface area contributed by atoms with Gasteiger partial charge >= 0.3 is 0 Å². The molecule has 1 amide bonds. The molecule has 1 aliphatic carbocycles. The van der Waals surface area contributed by atoms with Crippen molar-refractivity contribution in [1.82, 2.24) is 5.32 Å². The summed E-state index contributed by atoms with van der Waals surface area (Å²) in [5.74, 6) is -1.05. The van der Waals surface area contributed by atoms with Gasteiger partial charge in [0.1, 0.15) is 5.78 Å². The summed E-state index contributed by atoms with van der Waals surface area (Å²) in [7, 11) is 0. The van der Waals surface area contributed by atoms with E-state index in [9.17, 15) is 19.7 Å². The largest absolute Gasteiger partial charge is 0.329 e. The van der Waals surface area contributed by atoms with Crippen LogP contribution in [0.2, 0.25) is 0 Å². The van der Waals surface area contributed by atoms with Gasteiger partial charge < -0.3 is 5.32 Å². The average Bonchev–Trinajstić information content (AvgIpc) is 2.67. The number of rotatable bonds is 3. The number of Topliss-reactive ketones (excluding diaryl/α,β-unsaturated/α-hetero) is 1. The van der Waals surface area contributed by atoms with Crippen LogP contribution < -0.4 is 5.32 Å². The molecule has 6 heteroatoms. The average molecular weight is 376 g/mol. The molecule has 0 saturated carbocycles. The van der Waals surface area contributed by atoms with E-state index in [0.29, 0.717) is 23.2 Å². The number of nitrogens with one attached hydrogen (secondary N) is 1. The Morgan fingerprint density at radius 3 is 2.50 bits per heavy atom. The molecule has 1 heterocycles. The van der Waals surface area contributed by atoms with E-state index < -0.39 is 10.8 Å². The zero-order valence-electron chi connectivity index (χ0n) is 15.4. The third kappa shape index (κ3) is 3.22. The molecule has 1 saturated heterocycles. The van der Waals surface area contributed by atoms with Crippen molar-refractivity contribution in [1.29, 1.82) is 0 Å². The number of benzene rings is 2. The molecular formula is C22H20N2O4. The van der Waals surface area contributed by atoms with Gasteiger partial charge in [-0.2, -0.15) is 0 Å². The second-order valence-electron chi connectivity index (χ2n) is 7.45. The molecule has 3 atom stereocenters. The van der Waals surface area contributed by atoms with E-state index in [1.54, 1.807) is 19.1 Å².